The number of nitrogens with zero attached hydrogens (tertiary/aromatic N) is 2. The highest BCUT2D eigenvalue weighted by Gasteiger charge is 2.40. The van der Waals surface area contributed by atoms with Crippen LogP contribution in [0.3, 0.4) is 0 Å². The molecule has 2 heterocycles. The molecule has 2 fully saturated rings. The van der Waals surface area contributed by atoms with Gasteiger partial charge in [-0.15, -0.1) is 0 Å². The minimum atomic E-state index is -0.337. The highest BCUT2D eigenvalue weighted by atomic mass is 17.2. The third kappa shape index (κ3) is 8.65. The van der Waals surface area contributed by atoms with Gasteiger partial charge >= 0.3 is 0 Å². The number of nitrogens with one attached hydrogen (secondary N) is 1. The Morgan fingerprint density at radius 3 is 2.31 bits per heavy atom. The maximum absolute atomic E-state index is 14.0. The van der Waals surface area contributed by atoms with E-state index < -0.39 is 0 Å². The number of rotatable bonds is 8. The molecule has 2 aliphatic rings. The standard InChI is InChI=1S/C35H51N3O4/c1-25-12-8-9-15-29(25)33(40)38-19-11-16-30(32(39)36-28-14-10-13-27(23-28)34(2,3)4)31(38)22-26-17-20-37(21-18-26)24-41-42-35(5,6)7/h8-10,12-15,23,26,30-31H,11,16-22,24H2,1-7H3,(H,36,39). The summed E-state index contributed by atoms with van der Waals surface area (Å²) in [5, 5.41) is 3.23. The van der Waals surface area contributed by atoms with E-state index in [1.807, 2.05) is 69.0 Å². The van der Waals surface area contributed by atoms with Crippen molar-refractivity contribution in [1.29, 1.82) is 0 Å². The van der Waals surface area contributed by atoms with Gasteiger partial charge in [0.2, 0.25) is 5.91 Å². The molecule has 0 radical (unpaired) electrons. The van der Waals surface area contributed by atoms with Gasteiger partial charge in [0.05, 0.1) is 11.5 Å². The molecule has 0 aliphatic carbocycles. The van der Waals surface area contributed by atoms with Crippen molar-refractivity contribution in [3.05, 3.63) is 65.2 Å². The average molecular weight is 578 g/mol. The molecule has 2 atom stereocenters. The summed E-state index contributed by atoms with van der Waals surface area (Å²) in [6.07, 6.45) is 4.43. The molecule has 7 heteroatoms. The number of piperidine rings is 2. The Morgan fingerprint density at radius 1 is 0.929 bits per heavy atom. The van der Waals surface area contributed by atoms with Crippen molar-refractivity contribution in [2.45, 2.75) is 97.6 Å². The first kappa shape index (κ1) is 32.2. The number of hydrogen-bond acceptors (Lipinski definition) is 5. The number of aryl methyl sites for hydroxylation is 1. The lowest BCUT2D eigenvalue weighted by Crippen LogP contribution is -2.53. The first-order chi connectivity index (χ1) is 19.8. The molecule has 230 valence electrons. The zero-order chi connectivity index (χ0) is 30.5. The Hall–Kier alpha value is -2.74. The summed E-state index contributed by atoms with van der Waals surface area (Å²) in [6, 6.07) is 15.8. The quantitative estimate of drug-likeness (QED) is 0.271. The molecule has 0 bridgehead atoms. The molecule has 2 amide bonds. The molecule has 1 N–H and O–H groups in total. The third-order valence-electron chi connectivity index (χ3n) is 8.57. The van der Waals surface area contributed by atoms with Crippen molar-refractivity contribution in [3.8, 4) is 0 Å². The van der Waals surface area contributed by atoms with Gasteiger partial charge in [0.15, 0.2) is 0 Å². The van der Waals surface area contributed by atoms with Gasteiger partial charge in [0, 0.05) is 36.9 Å². The van der Waals surface area contributed by atoms with Crippen LogP contribution in [0.5, 0.6) is 0 Å². The number of benzene rings is 2. The van der Waals surface area contributed by atoms with Gasteiger partial charge in [-0.05, 0) is 100 Å². The SMILES string of the molecule is Cc1ccccc1C(=O)N1CCCC(C(=O)Nc2cccc(C(C)(C)C)c2)C1CC1CCN(COOC(C)(C)C)CC1. The van der Waals surface area contributed by atoms with Crippen LogP contribution in [0.25, 0.3) is 0 Å². The zero-order valence-corrected chi connectivity index (χ0v) is 26.7. The molecule has 2 aromatic carbocycles. The Morgan fingerprint density at radius 2 is 1.64 bits per heavy atom. The third-order valence-corrected chi connectivity index (χ3v) is 8.57. The van der Waals surface area contributed by atoms with Gasteiger partial charge in [0.1, 0.15) is 6.73 Å². The summed E-state index contributed by atoms with van der Waals surface area (Å²) in [5.41, 5.74) is 3.35. The summed E-state index contributed by atoms with van der Waals surface area (Å²) in [6.45, 7) is 17.4. The predicted octanol–water partition coefficient (Wildman–Crippen LogP) is 6.96. The van der Waals surface area contributed by atoms with Gasteiger partial charge in [-0.25, -0.2) is 9.78 Å². The van der Waals surface area contributed by atoms with E-state index in [1.165, 1.54) is 5.56 Å². The van der Waals surface area contributed by atoms with Crippen LogP contribution in [0, 0.1) is 18.8 Å². The normalized spacial score (nSPS) is 20.9. The molecule has 2 aromatic rings. The first-order valence-corrected chi connectivity index (χ1v) is 15.6. The highest BCUT2D eigenvalue weighted by Crippen LogP contribution is 2.35. The molecule has 0 saturated carbocycles. The molecule has 2 unspecified atom stereocenters. The zero-order valence-electron chi connectivity index (χ0n) is 26.7. The Labute approximate surface area is 252 Å². The van der Waals surface area contributed by atoms with E-state index in [0.29, 0.717) is 19.2 Å². The first-order valence-electron chi connectivity index (χ1n) is 15.6. The molecular weight excluding hydrogens is 526 g/mol. The van der Waals surface area contributed by atoms with Crippen LogP contribution < -0.4 is 5.32 Å². The van der Waals surface area contributed by atoms with Crippen molar-refractivity contribution in [2.75, 3.05) is 31.7 Å². The minimum Gasteiger partial charge on any atom is -0.335 e. The van der Waals surface area contributed by atoms with E-state index in [4.69, 9.17) is 9.78 Å². The number of amides is 2. The van der Waals surface area contributed by atoms with Crippen LogP contribution in [-0.4, -0.2) is 59.6 Å². The van der Waals surface area contributed by atoms with Crippen LogP contribution in [0.4, 0.5) is 5.69 Å². The number of hydrogen-bond donors (Lipinski definition) is 1. The van der Waals surface area contributed by atoms with E-state index in [1.54, 1.807) is 0 Å². The van der Waals surface area contributed by atoms with Crippen molar-refractivity contribution in [3.63, 3.8) is 0 Å². The van der Waals surface area contributed by atoms with Crippen LogP contribution in [0.1, 0.15) is 95.1 Å². The fourth-order valence-corrected chi connectivity index (χ4v) is 6.14. The Bertz CT molecular complexity index is 1210. The number of carbonyl (C=O) groups is 2. The molecule has 42 heavy (non-hydrogen) atoms. The van der Waals surface area contributed by atoms with Crippen molar-refractivity contribution < 1.29 is 19.4 Å². The van der Waals surface area contributed by atoms with Crippen LogP contribution in [0.15, 0.2) is 48.5 Å². The van der Waals surface area contributed by atoms with Gasteiger partial charge in [-0.3, -0.25) is 14.5 Å². The van der Waals surface area contributed by atoms with E-state index in [-0.39, 0.29) is 34.8 Å². The van der Waals surface area contributed by atoms with Crippen LogP contribution in [-0.2, 0) is 20.0 Å². The summed E-state index contributed by atoms with van der Waals surface area (Å²) in [5.74, 6) is 0.222. The second-order valence-electron chi connectivity index (χ2n) is 14.2. The number of anilines is 1. The van der Waals surface area contributed by atoms with E-state index >= 15 is 0 Å². The summed E-state index contributed by atoms with van der Waals surface area (Å²) in [7, 11) is 0. The molecule has 0 aromatic heterocycles. The Kier molecular flexibility index (Phi) is 10.5. The topological polar surface area (TPSA) is 71.1 Å². The maximum atomic E-state index is 14.0. The Balaban J connectivity index is 1.50. The van der Waals surface area contributed by atoms with Crippen molar-refractivity contribution >= 4 is 17.5 Å². The van der Waals surface area contributed by atoms with E-state index in [2.05, 4.69) is 43.1 Å². The second-order valence-corrected chi connectivity index (χ2v) is 14.2. The van der Waals surface area contributed by atoms with Gasteiger partial charge in [-0.2, -0.15) is 0 Å². The fourth-order valence-electron chi connectivity index (χ4n) is 6.14. The molecule has 2 aliphatic heterocycles. The van der Waals surface area contributed by atoms with E-state index in [9.17, 15) is 9.59 Å². The molecule has 0 spiro atoms. The molecule has 2 saturated heterocycles. The van der Waals surface area contributed by atoms with Gasteiger partial charge in [-0.1, -0.05) is 51.1 Å². The molecular formula is C35H51N3O4. The summed E-state index contributed by atoms with van der Waals surface area (Å²) in [4.78, 5) is 43.1. The maximum Gasteiger partial charge on any atom is 0.254 e. The van der Waals surface area contributed by atoms with E-state index in [0.717, 1.165) is 62.0 Å². The monoisotopic (exact) mass is 577 g/mol. The van der Waals surface area contributed by atoms with Gasteiger partial charge in [0.25, 0.3) is 5.91 Å². The second kappa shape index (κ2) is 13.7. The largest absolute Gasteiger partial charge is 0.335 e. The molecule has 7 nitrogen and oxygen atoms in total. The smallest absolute Gasteiger partial charge is 0.254 e. The fraction of sp³-hybridized carbons (Fsp3) is 0.600. The number of likely N-dealkylation sites (tertiary alicyclic amines) is 2. The van der Waals surface area contributed by atoms with Crippen LogP contribution in [0.2, 0.25) is 0 Å². The van der Waals surface area contributed by atoms with Crippen LogP contribution >= 0.6 is 0 Å². The lowest BCUT2D eigenvalue weighted by molar-refractivity contribution is -0.365. The predicted molar refractivity (Wildman–Crippen MR) is 168 cm³/mol. The lowest BCUT2D eigenvalue weighted by atomic mass is 9.79. The lowest BCUT2D eigenvalue weighted by Gasteiger charge is -2.43. The number of carbonyl (C=O) groups excluding carboxylic acids is 2. The summed E-state index contributed by atoms with van der Waals surface area (Å²) < 4.78 is 0. The molecule has 4 rings (SSSR count). The summed E-state index contributed by atoms with van der Waals surface area (Å²) >= 11 is 0. The van der Waals surface area contributed by atoms with Crippen molar-refractivity contribution in [2.24, 2.45) is 11.8 Å². The highest BCUT2D eigenvalue weighted by molar-refractivity contribution is 5.97. The average Bonchev–Trinajstić information content (AvgIpc) is 2.93. The van der Waals surface area contributed by atoms with Crippen molar-refractivity contribution in [1.82, 2.24) is 9.80 Å². The van der Waals surface area contributed by atoms with Gasteiger partial charge < -0.3 is 10.2 Å². The minimum absolute atomic E-state index is 0.0103.